The minimum Gasteiger partial charge on any atom is -0.416 e. The van der Waals surface area contributed by atoms with Crippen molar-refractivity contribution >= 4 is 17.5 Å². The first kappa shape index (κ1) is 10.9. The molecule has 2 rings (SSSR count). The Kier molecular flexibility index (Phi) is 3.05. The number of rotatable bonds is 3. The lowest BCUT2D eigenvalue weighted by atomic mass is 10.2. The zero-order chi connectivity index (χ0) is 11.5. The Morgan fingerprint density at radius 1 is 1.25 bits per heavy atom. The summed E-state index contributed by atoms with van der Waals surface area (Å²) in [5.74, 6) is 0.605. The van der Waals surface area contributed by atoms with E-state index in [0.29, 0.717) is 16.7 Å². The molecule has 1 heterocycles. The third kappa shape index (κ3) is 2.49. The molecule has 5 heteroatoms. The third-order valence-electron chi connectivity index (χ3n) is 1.97. The van der Waals surface area contributed by atoms with Crippen LogP contribution in [0.2, 0.25) is 0 Å². The van der Waals surface area contributed by atoms with Gasteiger partial charge in [-0.2, -0.15) is 0 Å². The van der Waals surface area contributed by atoms with Gasteiger partial charge in [0.15, 0.2) is 5.78 Å². The summed E-state index contributed by atoms with van der Waals surface area (Å²) in [6.07, 6.45) is 0. The van der Waals surface area contributed by atoms with Crippen molar-refractivity contribution in [1.82, 2.24) is 10.2 Å². The fourth-order valence-electron chi connectivity index (χ4n) is 1.18. The van der Waals surface area contributed by atoms with Crippen molar-refractivity contribution in [2.24, 2.45) is 0 Å². The highest BCUT2D eigenvalue weighted by atomic mass is 32.2. The maximum absolute atomic E-state index is 11.1. The monoisotopic (exact) mass is 234 g/mol. The molecule has 0 bridgehead atoms. The van der Waals surface area contributed by atoms with Crippen LogP contribution in [0.3, 0.4) is 0 Å². The fraction of sp³-hybridized carbons (Fsp3) is 0.182. The molecule has 0 fully saturated rings. The smallest absolute Gasteiger partial charge is 0.281 e. The summed E-state index contributed by atoms with van der Waals surface area (Å²) in [5, 5.41) is 8.12. The van der Waals surface area contributed by atoms with Gasteiger partial charge in [0, 0.05) is 17.4 Å². The van der Waals surface area contributed by atoms with Crippen LogP contribution in [0.1, 0.15) is 23.2 Å². The highest BCUT2D eigenvalue weighted by Gasteiger charge is 2.05. The molecule has 0 saturated carbocycles. The molecule has 0 N–H and O–H groups in total. The second-order valence-electron chi connectivity index (χ2n) is 3.27. The van der Waals surface area contributed by atoms with Gasteiger partial charge in [-0.3, -0.25) is 4.79 Å². The van der Waals surface area contributed by atoms with Gasteiger partial charge < -0.3 is 4.42 Å². The molecule has 82 valence electrons. The second kappa shape index (κ2) is 4.49. The van der Waals surface area contributed by atoms with Gasteiger partial charge in [-0.15, -0.1) is 10.2 Å². The van der Waals surface area contributed by atoms with Gasteiger partial charge in [-0.1, -0.05) is 12.1 Å². The van der Waals surface area contributed by atoms with Crippen LogP contribution < -0.4 is 0 Å². The van der Waals surface area contributed by atoms with Crippen LogP contribution in [-0.2, 0) is 0 Å². The molecule has 1 aromatic heterocycles. The molecule has 0 radical (unpaired) electrons. The van der Waals surface area contributed by atoms with Gasteiger partial charge in [0.2, 0.25) is 5.89 Å². The van der Waals surface area contributed by atoms with Gasteiger partial charge in [0.1, 0.15) is 0 Å². The van der Waals surface area contributed by atoms with Crippen molar-refractivity contribution in [2.75, 3.05) is 0 Å². The van der Waals surface area contributed by atoms with Gasteiger partial charge in [-0.05, 0) is 30.8 Å². The molecule has 0 aliphatic rings. The highest BCUT2D eigenvalue weighted by Crippen LogP contribution is 2.26. The first-order valence-corrected chi connectivity index (χ1v) is 5.56. The molecule has 0 atom stereocenters. The zero-order valence-corrected chi connectivity index (χ0v) is 9.75. The summed E-state index contributed by atoms with van der Waals surface area (Å²) >= 11 is 1.38. The van der Waals surface area contributed by atoms with E-state index in [1.807, 2.05) is 12.1 Å². The molecular formula is C11H10N2O2S. The van der Waals surface area contributed by atoms with Crippen molar-refractivity contribution in [1.29, 1.82) is 0 Å². The lowest BCUT2D eigenvalue weighted by Gasteiger charge is -1.98. The van der Waals surface area contributed by atoms with Crippen molar-refractivity contribution < 1.29 is 9.21 Å². The van der Waals surface area contributed by atoms with Crippen LogP contribution in [0, 0.1) is 6.92 Å². The molecule has 0 unspecified atom stereocenters. The number of Topliss-reactive ketones (excluding diaryl/α,β-unsaturated/α-hetero) is 1. The predicted molar refractivity (Wildman–Crippen MR) is 59.6 cm³/mol. The fourth-order valence-corrected chi connectivity index (χ4v) is 1.90. The van der Waals surface area contributed by atoms with Crippen LogP contribution in [-0.4, -0.2) is 16.0 Å². The van der Waals surface area contributed by atoms with E-state index < -0.39 is 0 Å². The first-order chi connectivity index (χ1) is 7.65. The summed E-state index contributed by atoms with van der Waals surface area (Å²) in [5.41, 5.74) is 0.700. The summed E-state index contributed by atoms with van der Waals surface area (Å²) in [7, 11) is 0. The lowest BCUT2D eigenvalue weighted by Crippen LogP contribution is -1.90. The summed E-state index contributed by atoms with van der Waals surface area (Å²) in [6, 6.07) is 7.30. The zero-order valence-electron chi connectivity index (χ0n) is 8.93. The van der Waals surface area contributed by atoms with Crippen molar-refractivity contribution in [3.63, 3.8) is 0 Å². The maximum atomic E-state index is 11.1. The SMILES string of the molecule is CC(=O)c1ccc(Sc2nnc(C)o2)cc1. The van der Waals surface area contributed by atoms with E-state index >= 15 is 0 Å². The molecular weight excluding hydrogens is 224 g/mol. The molecule has 0 amide bonds. The molecule has 1 aromatic carbocycles. The Bertz CT molecular complexity index is 505. The molecule has 0 aliphatic carbocycles. The van der Waals surface area contributed by atoms with Crippen LogP contribution in [0.15, 0.2) is 38.8 Å². The Morgan fingerprint density at radius 3 is 2.44 bits per heavy atom. The van der Waals surface area contributed by atoms with Crippen LogP contribution in [0.4, 0.5) is 0 Å². The van der Waals surface area contributed by atoms with Crippen molar-refractivity contribution in [3.05, 3.63) is 35.7 Å². The van der Waals surface area contributed by atoms with E-state index in [1.54, 1.807) is 26.0 Å². The quantitative estimate of drug-likeness (QED) is 0.764. The van der Waals surface area contributed by atoms with Crippen LogP contribution >= 0.6 is 11.8 Å². The number of carbonyl (C=O) groups is 1. The van der Waals surface area contributed by atoms with E-state index in [4.69, 9.17) is 4.42 Å². The van der Waals surface area contributed by atoms with E-state index in [1.165, 1.54) is 11.8 Å². The largest absolute Gasteiger partial charge is 0.416 e. The number of hydrogen-bond acceptors (Lipinski definition) is 5. The van der Waals surface area contributed by atoms with Gasteiger partial charge in [-0.25, -0.2) is 0 Å². The predicted octanol–water partition coefficient (Wildman–Crippen LogP) is 2.73. The maximum Gasteiger partial charge on any atom is 0.281 e. The number of carbonyl (C=O) groups excluding carboxylic acids is 1. The summed E-state index contributed by atoms with van der Waals surface area (Å²) in [6.45, 7) is 3.29. The number of ketones is 1. The average molecular weight is 234 g/mol. The number of aromatic nitrogens is 2. The van der Waals surface area contributed by atoms with Gasteiger partial charge in [0.05, 0.1) is 0 Å². The molecule has 0 aliphatic heterocycles. The summed E-state index contributed by atoms with van der Waals surface area (Å²) in [4.78, 5) is 12.0. The molecule has 2 aromatic rings. The topological polar surface area (TPSA) is 56.0 Å². The minimum absolute atomic E-state index is 0.0604. The number of hydrogen-bond donors (Lipinski definition) is 0. The highest BCUT2D eigenvalue weighted by molar-refractivity contribution is 7.99. The standard InChI is InChI=1S/C11H10N2O2S/c1-7(14)9-3-5-10(6-4-9)16-11-13-12-8(2)15-11/h3-6H,1-2H3. The normalized spacial score (nSPS) is 10.4. The first-order valence-electron chi connectivity index (χ1n) is 4.74. The van der Waals surface area contributed by atoms with Crippen molar-refractivity contribution in [2.45, 2.75) is 24.0 Å². The Morgan fingerprint density at radius 2 is 1.94 bits per heavy atom. The summed E-state index contributed by atoms with van der Waals surface area (Å²) < 4.78 is 5.24. The second-order valence-corrected chi connectivity index (χ2v) is 4.29. The third-order valence-corrected chi connectivity index (χ3v) is 2.82. The van der Waals surface area contributed by atoms with Crippen LogP contribution in [0.25, 0.3) is 0 Å². The average Bonchev–Trinajstić information content (AvgIpc) is 2.65. The molecule has 4 nitrogen and oxygen atoms in total. The molecule has 0 spiro atoms. The minimum atomic E-state index is 0.0604. The van der Waals surface area contributed by atoms with E-state index in [0.717, 1.165) is 4.90 Å². The van der Waals surface area contributed by atoms with E-state index in [9.17, 15) is 4.79 Å². The number of nitrogens with zero attached hydrogens (tertiary/aromatic N) is 2. The molecule has 16 heavy (non-hydrogen) atoms. The van der Waals surface area contributed by atoms with Crippen LogP contribution in [0.5, 0.6) is 0 Å². The molecule has 0 saturated heterocycles. The van der Waals surface area contributed by atoms with E-state index in [2.05, 4.69) is 10.2 Å². The lowest BCUT2D eigenvalue weighted by molar-refractivity contribution is 0.101. The Balaban J connectivity index is 2.14. The van der Waals surface area contributed by atoms with E-state index in [-0.39, 0.29) is 5.78 Å². The Labute approximate surface area is 97.1 Å². The Hall–Kier alpha value is -1.62. The van der Waals surface area contributed by atoms with Gasteiger partial charge in [0.25, 0.3) is 5.22 Å². The van der Waals surface area contributed by atoms with Gasteiger partial charge >= 0.3 is 0 Å². The number of benzene rings is 1. The number of aryl methyl sites for hydroxylation is 1. The van der Waals surface area contributed by atoms with Crippen molar-refractivity contribution in [3.8, 4) is 0 Å².